The molecule has 1 N–H and O–H groups in total. The highest BCUT2D eigenvalue weighted by Gasteiger charge is 2.16. The van der Waals surface area contributed by atoms with Crippen LogP contribution in [0.4, 0.5) is 4.39 Å². The monoisotopic (exact) mass is 320 g/mol. The molecule has 2 aromatic rings. The molecule has 122 valence electrons. The Morgan fingerprint density at radius 2 is 1.87 bits per heavy atom. The van der Waals surface area contributed by atoms with E-state index < -0.39 is 17.1 Å². The van der Waals surface area contributed by atoms with E-state index in [1.165, 1.54) is 6.07 Å². The number of allylic oxidation sites excluding steroid dienone is 2. The van der Waals surface area contributed by atoms with Crippen molar-refractivity contribution in [3.63, 3.8) is 0 Å². The second-order valence-corrected chi connectivity index (χ2v) is 5.62. The predicted molar refractivity (Wildman–Crippen MR) is 83.9 cm³/mol. The van der Waals surface area contributed by atoms with Gasteiger partial charge in [-0.05, 0) is 25.5 Å². The molecule has 0 unspecified atom stereocenters. The van der Waals surface area contributed by atoms with Crippen molar-refractivity contribution in [1.29, 1.82) is 0 Å². The van der Waals surface area contributed by atoms with Gasteiger partial charge in [-0.2, -0.15) is 0 Å². The zero-order valence-corrected chi connectivity index (χ0v) is 12.9. The number of hydrogen-bond donors (Lipinski definition) is 1. The third kappa shape index (κ3) is 2.86. The topological polar surface area (TPSA) is 73.3 Å². The Balaban J connectivity index is 2.20. The van der Waals surface area contributed by atoms with Crippen molar-refractivity contribution in [3.8, 4) is 11.5 Å². The van der Waals surface area contributed by atoms with E-state index in [-0.39, 0.29) is 11.9 Å². The number of halogens is 1. The predicted octanol–water partition coefficient (Wildman–Crippen LogP) is 2.11. The summed E-state index contributed by atoms with van der Waals surface area (Å²) in [6.45, 7) is 3.77. The Morgan fingerprint density at radius 3 is 2.52 bits per heavy atom. The molecular weight excluding hydrogens is 303 g/mol. The third-order valence-electron chi connectivity index (χ3n) is 3.69. The van der Waals surface area contributed by atoms with Crippen molar-refractivity contribution >= 4 is 10.9 Å². The van der Waals surface area contributed by atoms with Gasteiger partial charge in [0, 0.05) is 12.5 Å². The molecule has 0 atom stereocenters. The van der Waals surface area contributed by atoms with Gasteiger partial charge in [0.15, 0.2) is 11.5 Å². The average molecular weight is 320 g/mol. The number of H-pyrrole nitrogens is 1. The fraction of sp³-hybridized carbons (Fsp3) is 0.375. The molecule has 1 aromatic heterocycles. The van der Waals surface area contributed by atoms with Gasteiger partial charge >= 0.3 is 5.69 Å². The summed E-state index contributed by atoms with van der Waals surface area (Å²) in [6, 6.07) is 3.10. The molecule has 0 saturated heterocycles. The number of hydrogen-bond acceptors (Lipinski definition) is 4. The maximum Gasteiger partial charge on any atom is 0.329 e. The number of benzene rings is 1. The highest BCUT2D eigenvalue weighted by molar-refractivity contribution is 5.81. The van der Waals surface area contributed by atoms with Crippen molar-refractivity contribution < 1.29 is 13.9 Å². The van der Waals surface area contributed by atoms with Gasteiger partial charge < -0.3 is 14.5 Å². The zero-order chi connectivity index (χ0) is 16.6. The van der Waals surface area contributed by atoms with Gasteiger partial charge in [0.2, 0.25) is 0 Å². The molecule has 0 bridgehead atoms. The van der Waals surface area contributed by atoms with Crippen molar-refractivity contribution in [3.05, 3.63) is 44.4 Å². The summed E-state index contributed by atoms with van der Waals surface area (Å²) in [5.41, 5.74) is -0.447. The molecule has 0 aliphatic carbocycles. The van der Waals surface area contributed by atoms with E-state index in [0.29, 0.717) is 35.8 Å². The molecule has 0 saturated carbocycles. The number of fused-ring (bicyclic) bond motifs is 2. The number of rotatable bonds is 2. The van der Waals surface area contributed by atoms with Crippen LogP contribution in [0.15, 0.2) is 33.1 Å². The molecule has 2 heterocycles. The van der Waals surface area contributed by atoms with Gasteiger partial charge in [0.25, 0.3) is 5.56 Å². The van der Waals surface area contributed by atoms with Crippen LogP contribution in [0, 0.1) is 0 Å². The average Bonchev–Trinajstić information content (AvgIpc) is 2.74. The lowest BCUT2D eigenvalue weighted by molar-refractivity contribution is 0.297. The highest BCUT2D eigenvalue weighted by atomic mass is 19.1. The summed E-state index contributed by atoms with van der Waals surface area (Å²) in [4.78, 5) is 27.2. The molecule has 7 heteroatoms. The maximum atomic E-state index is 13.8. The van der Waals surface area contributed by atoms with Gasteiger partial charge in [0.05, 0.1) is 30.7 Å². The molecule has 1 aliphatic heterocycles. The van der Waals surface area contributed by atoms with Gasteiger partial charge in [-0.25, -0.2) is 9.18 Å². The fourth-order valence-electron chi connectivity index (χ4n) is 2.35. The molecule has 0 spiro atoms. The van der Waals surface area contributed by atoms with Crippen molar-refractivity contribution in [2.24, 2.45) is 0 Å². The molecule has 0 radical (unpaired) electrons. The van der Waals surface area contributed by atoms with E-state index >= 15 is 0 Å². The van der Waals surface area contributed by atoms with Gasteiger partial charge in [-0.15, -0.1) is 0 Å². The minimum absolute atomic E-state index is 0.260. The van der Waals surface area contributed by atoms with Crippen LogP contribution in [0.5, 0.6) is 11.5 Å². The second-order valence-electron chi connectivity index (χ2n) is 5.62. The van der Waals surface area contributed by atoms with Crippen LogP contribution in [0.25, 0.3) is 10.9 Å². The highest BCUT2D eigenvalue weighted by Crippen LogP contribution is 2.32. The van der Waals surface area contributed by atoms with E-state index in [2.05, 4.69) is 4.98 Å². The minimum atomic E-state index is -0.659. The van der Waals surface area contributed by atoms with Crippen LogP contribution < -0.4 is 20.7 Å². The van der Waals surface area contributed by atoms with E-state index in [9.17, 15) is 14.0 Å². The fourth-order valence-corrected chi connectivity index (χ4v) is 2.35. The summed E-state index contributed by atoms with van der Waals surface area (Å²) >= 11 is 0. The number of ether oxygens (including phenoxy) is 2. The lowest BCUT2D eigenvalue weighted by Crippen LogP contribution is -2.35. The van der Waals surface area contributed by atoms with Crippen LogP contribution in [-0.4, -0.2) is 22.8 Å². The van der Waals surface area contributed by atoms with Crippen LogP contribution in [0.3, 0.4) is 0 Å². The quantitative estimate of drug-likeness (QED) is 0.920. The summed E-state index contributed by atoms with van der Waals surface area (Å²) in [6.07, 6.45) is 0.734. The first kappa shape index (κ1) is 15.3. The van der Waals surface area contributed by atoms with Crippen LogP contribution in [0.1, 0.15) is 20.3 Å². The first-order valence-electron chi connectivity index (χ1n) is 7.35. The van der Waals surface area contributed by atoms with Gasteiger partial charge in [0.1, 0.15) is 5.83 Å². The zero-order valence-electron chi connectivity index (χ0n) is 12.9. The van der Waals surface area contributed by atoms with Gasteiger partial charge in [-0.3, -0.25) is 9.36 Å². The third-order valence-corrected chi connectivity index (χ3v) is 3.69. The summed E-state index contributed by atoms with van der Waals surface area (Å²) in [7, 11) is 0. The smallest absolute Gasteiger partial charge is 0.329 e. The molecule has 0 fully saturated rings. The first-order chi connectivity index (χ1) is 11.0. The Morgan fingerprint density at radius 1 is 1.22 bits per heavy atom. The summed E-state index contributed by atoms with van der Waals surface area (Å²) in [5, 5.41) is 0.260. The number of aromatic nitrogens is 2. The lowest BCUT2D eigenvalue weighted by atomic mass is 10.2. The van der Waals surface area contributed by atoms with E-state index in [1.54, 1.807) is 19.9 Å². The Labute approximate surface area is 131 Å². The molecule has 3 rings (SSSR count). The molecule has 1 aliphatic rings. The maximum absolute atomic E-state index is 13.8. The standard InChI is InChI=1S/C16H17FN2O4/c1-9(2)11(17)8-19-15(20)10-6-13-14(23-5-3-4-22-13)7-12(10)18-16(19)21/h6-7H,3-5,8H2,1-2H3,(H,18,21). The number of nitrogens with zero attached hydrogens (tertiary/aromatic N) is 1. The van der Waals surface area contributed by atoms with Crippen LogP contribution in [-0.2, 0) is 6.54 Å². The Bertz CT molecular complexity index is 907. The van der Waals surface area contributed by atoms with E-state index in [4.69, 9.17) is 9.47 Å². The molecule has 6 nitrogen and oxygen atoms in total. The second kappa shape index (κ2) is 5.91. The Hall–Kier alpha value is -2.57. The summed E-state index contributed by atoms with van der Waals surface area (Å²) < 4.78 is 25.8. The molecule has 23 heavy (non-hydrogen) atoms. The molecule has 0 amide bonds. The first-order valence-corrected chi connectivity index (χ1v) is 7.35. The largest absolute Gasteiger partial charge is 0.490 e. The van der Waals surface area contributed by atoms with Gasteiger partial charge in [-0.1, -0.05) is 0 Å². The van der Waals surface area contributed by atoms with E-state index in [0.717, 1.165) is 11.0 Å². The number of nitrogens with one attached hydrogen (secondary N) is 1. The summed E-state index contributed by atoms with van der Waals surface area (Å²) in [5.74, 6) is 0.429. The molecule has 1 aromatic carbocycles. The van der Waals surface area contributed by atoms with Crippen molar-refractivity contribution in [2.75, 3.05) is 13.2 Å². The molecular formula is C16H17FN2O4. The van der Waals surface area contributed by atoms with E-state index in [1.807, 2.05) is 0 Å². The normalized spacial score (nSPS) is 13.7. The lowest BCUT2D eigenvalue weighted by Gasteiger charge is -2.10. The van der Waals surface area contributed by atoms with Crippen LogP contribution in [0.2, 0.25) is 0 Å². The minimum Gasteiger partial charge on any atom is -0.490 e. The number of aromatic amines is 1. The van der Waals surface area contributed by atoms with Crippen molar-refractivity contribution in [1.82, 2.24) is 9.55 Å². The van der Waals surface area contributed by atoms with Crippen molar-refractivity contribution in [2.45, 2.75) is 26.8 Å². The van der Waals surface area contributed by atoms with Crippen LogP contribution >= 0.6 is 0 Å². The SMILES string of the molecule is CC(C)=C(F)Cn1c(=O)[nH]c2cc3c(cc2c1=O)OCCCO3. The Kier molecular flexibility index (Phi) is 3.94.